The number of carbonyl (C=O) groups excluding carboxylic acids is 1. The summed E-state index contributed by atoms with van der Waals surface area (Å²) in [6.45, 7) is 2.14. The van der Waals surface area contributed by atoms with Gasteiger partial charge in [0, 0.05) is 5.41 Å². The monoisotopic (exact) mass is 333 g/mol. The van der Waals surface area contributed by atoms with Crippen LogP contribution in [0.25, 0.3) is 10.8 Å². The van der Waals surface area contributed by atoms with E-state index in [2.05, 4.69) is 54.7 Å². The van der Waals surface area contributed by atoms with Crippen molar-refractivity contribution in [2.45, 2.75) is 51.5 Å². The maximum Gasteiger partial charge on any atom is 0.226 e. The molecule has 0 aliphatic heterocycles. The number of nitrogens with one attached hydrogen (secondary N) is 1. The van der Waals surface area contributed by atoms with Gasteiger partial charge in [-0.3, -0.25) is 4.79 Å². The third kappa shape index (κ3) is 2.49. The van der Waals surface area contributed by atoms with Crippen molar-refractivity contribution in [3.63, 3.8) is 0 Å². The molecule has 4 saturated carbocycles. The molecule has 0 unspecified atom stereocenters. The Morgan fingerprint density at radius 1 is 0.960 bits per heavy atom. The van der Waals surface area contributed by atoms with Crippen molar-refractivity contribution in [2.75, 3.05) is 0 Å². The number of fused-ring (bicyclic) bond motifs is 1. The maximum atomic E-state index is 13.3. The minimum absolute atomic E-state index is 0.0617. The molecule has 1 N–H and O–H groups in total. The van der Waals surface area contributed by atoms with Gasteiger partial charge in [0.05, 0.1) is 6.04 Å². The minimum atomic E-state index is -0.0619. The van der Waals surface area contributed by atoms with E-state index in [0.717, 1.165) is 37.0 Å². The van der Waals surface area contributed by atoms with Crippen molar-refractivity contribution in [1.82, 2.24) is 5.32 Å². The molecule has 2 nitrogen and oxygen atoms in total. The van der Waals surface area contributed by atoms with Crippen molar-refractivity contribution >= 4 is 16.7 Å². The van der Waals surface area contributed by atoms with Gasteiger partial charge < -0.3 is 5.32 Å². The molecule has 1 atom stereocenters. The van der Waals surface area contributed by atoms with Crippen LogP contribution in [0.1, 0.15) is 57.1 Å². The van der Waals surface area contributed by atoms with Crippen molar-refractivity contribution in [3.05, 3.63) is 48.0 Å². The summed E-state index contributed by atoms with van der Waals surface area (Å²) in [5, 5.41) is 5.91. The molecular weight excluding hydrogens is 306 g/mol. The third-order valence-corrected chi connectivity index (χ3v) is 7.16. The van der Waals surface area contributed by atoms with Crippen LogP contribution >= 0.6 is 0 Å². The van der Waals surface area contributed by atoms with Crippen LogP contribution in [0.15, 0.2) is 42.5 Å². The van der Waals surface area contributed by atoms with Crippen molar-refractivity contribution in [1.29, 1.82) is 0 Å². The summed E-state index contributed by atoms with van der Waals surface area (Å²) in [5.74, 6) is 2.76. The van der Waals surface area contributed by atoms with Crippen LogP contribution in [0.3, 0.4) is 0 Å². The molecule has 0 aromatic heterocycles. The Labute approximate surface area is 150 Å². The molecule has 4 fully saturated rings. The summed E-state index contributed by atoms with van der Waals surface area (Å²) in [7, 11) is 0. The predicted octanol–water partition coefficient (Wildman–Crippen LogP) is 5.23. The lowest BCUT2D eigenvalue weighted by molar-refractivity contribution is -0.147. The Bertz CT molecular complexity index is 783. The average molecular weight is 333 g/mol. The first-order valence-corrected chi connectivity index (χ1v) is 9.92. The van der Waals surface area contributed by atoms with Gasteiger partial charge in [0.2, 0.25) is 5.91 Å². The van der Waals surface area contributed by atoms with E-state index in [4.69, 9.17) is 0 Å². The second kappa shape index (κ2) is 5.59. The molecule has 0 heterocycles. The Kier molecular flexibility index (Phi) is 3.45. The smallest absolute Gasteiger partial charge is 0.226 e. The zero-order valence-corrected chi connectivity index (χ0v) is 15.0. The van der Waals surface area contributed by atoms with Gasteiger partial charge in [0.15, 0.2) is 0 Å². The van der Waals surface area contributed by atoms with Crippen LogP contribution in [-0.2, 0) is 4.79 Å². The molecule has 6 rings (SSSR count). The molecule has 4 aliphatic carbocycles. The minimum Gasteiger partial charge on any atom is -0.349 e. The van der Waals surface area contributed by atoms with E-state index in [1.807, 2.05) is 0 Å². The maximum absolute atomic E-state index is 13.3. The molecule has 2 aromatic carbocycles. The molecule has 4 bridgehead atoms. The molecular formula is C23H27NO. The van der Waals surface area contributed by atoms with Gasteiger partial charge in [-0.05, 0) is 79.5 Å². The zero-order valence-electron chi connectivity index (χ0n) is 15.0. The van der Waals surface area contributed by atoms with E-state index in [1.165, 1.54) is 35.6 Å². The lowest BCUT2D eigenvalue weighted by Crippen LogP contribution is -2.53. The first-order valence-electron chi connectivity index (χ1n) is 9.92. The van der Waals surface area contributed by atoms with Gasteiger partial charge in [-0.25, -0.2) is 0 Å². The number of carbonyl (C=O) groups is 1. The quantitative estimate of drug-likeness (QED) is 0.818. The number of benzene rings is 2. The van der Waals surface area contributed by atoms with Crippen LogP contribution < -0.4 is 5.32 Å². The van der Waals surface area contributed by atoms with Crippen molar-refractivity contribution in [3.8, 4) is 0 Å². The molecule has 1 amide bonds. The van der Waals surface area contributed by atoms with E-state index in [9.17, 15) is 4.79 Å². The fourth-order valence-corrected chi connectivity index (χ4v) is 6.44. The SMILES string of the molecule is C[C@@H](NC(=O)C12CC3CC(CC(C3)C1)C2)c1cccc2ccccc12. The molecule has 2 aromatic rings. The highest BCUT2D eigenvalue weighted by Crippen LogP contribution is 2.60. The normalized spacial score (nSPS) is 34.2. The Morgan fingerprint density at radius 3 is 2.24 bits per heavy atom. The molecule has 0 spiro atoms. The Balaban J connectivity index is 1.40. The van der Waals surface area contributed by atoms with Gasteiger partial charge in [-0.1, -0.05) is 42.5 Å². The first kappa shape index (κ1) is 15.4. The van der Waals surface area contributed by atoms with E-state index < -0.39 is 0 Å². The summed E-state index contributed by atoms with van der Waals surface area (Å²) in [4.78, 5) is 13.3. The predicted molar refractivity (Wildman–Crippen MR) is 101 cm³/mol. The number of amides is 1. The summed E-state index contributed by atoms with van der Waals surface area (Å²) < 4.78 is 0. The van der Waals surface area contributed by atoms with Crippen LogP contribution in [0.4, 0.5) is 0 Å². The van der Waals surface area contributed by atoms with Crippen LogP contribution in [0, 0.1) is 23.2 Å². The lowest BCUT2D eigenvalue weighted by Gasteiger charge is -2.55. The number of hydrogen-bond donors (Lipinski definition) is 1. The molecule has 4 aliphatic rings. The van der Waals surface area contributed by atoms with E-state index in [-0.39, 0.29) is 11.5 Å². The first-order chi connectivity index (χ1) is 12.1. The van der Waals surface area contributed by atoms with Crippen LogP contribution in [0.5, 0.6) is 0 Å². The summed E-state index contributed by atoms with van der Waals surface area (Å²) >= 11 is 0. The van der Waals surface area contributed by atoms with Gasteiger partial charge >= 0.3 is 0 Å². The van der Waals surface area contributed by atoms with Crippen molar-refractivity contribution < 1.29 is 4.79 Å². The average Bonchev–Trinajstić information content (AvgIpc) is 2.60. The highest BCUT2D eigenvalue weighted by Gasteiger charge is 2.54. The van der Waals surface area contributed by atoms with E-state index >= 15 is 0 Å². The second-order valence-corrected chi connectivity index (χ2v) is 8.96. The summed E-state index contributed by atoms with van der Waals surface area (Å²) in [5.41, 5.74) is 1.17. The highest BCUT2D eigenvalue weighted by atomic mass is 16.2. The Morgan fingerprint density at radius 2 is 1.56 bits per heavy atom. The molecule has 25 heavy (non-hydrogen) atoms. The molecule has 2 heteroatoms. The standard InChI is InChI=1S/C23H27NO/c1-15(20-8-4-6-19-5-2-3-7-21(19)20)24-22(25)23-12-16-9-17(13-23)11-18(10-16)14-23/h2-8,15-18H,9-14H2,1H3,(H,24,25)/t15-,16?,17?,18?,23?/m1/s1. The molecule has 0 radical (unpaired) electrons. The molecule has 130 valence electrons. The van der Waals surface area contributed by atoms with Gasteiger partial charge in [-0.15, -0.1) is 0 Å². The Hall–Kier alpha value is -1.83. The van der Waals surface area contributed by atoms with Gasteiger partial charge in [0.1, 0.15) is 0 Å². The topological polar surface area (TPSA) is 29.1 Å². The largest absolute Gasteiger partial charge is 0.349 e. The van der Waals surface area contributed by atoms with Crippen LogP contribution in [0.2, 0.25) is 0 Å². The summed E-state index contributed by atoms with van der Waals surface area (Å²) in [6.07, 6.45) is 7.54. The number of rotatable bonds is 3. The fraction of sp³-hybridized carbons (Fsp3) is 0.522. The molecule has 0 saturated heterocycles. The van der Waals surface area contributed by atoms with Gasteiger partial charge in [-0.2, -0.15) is 0 Å². The third-order valence-electron chi connectivity index (χ3n) is 7.16. The van der Waals surface area contributed by atoms with E-state index in [1.54, 1.807) is 0 Å². The second-order valence-electron chi connectivity index (χ2n) is 8.96. The summed E-state index contributed by atoms with van der Waals surface area (Å²) in [6, 6.07) is 14.9. The van der Waals surface area contributed by atoms with Gasteiger partial charge in [0.25, 0.3) is 0 Å². The lowest BCUT2D eigenvalue weighted by atomic mass is 9.49. The zero-order chi connectivity index (χ0) is 17.0. The van der Waals surface area contributed by atoms with E-state index in [0.29, 0.717) is 5.91 Å². The number of hydrogen-bond acceptors (Lipinski definition) is 1. The van der Waals surface area contributed by atoms with Crippen LogP contribution in [-0.4, -0.2) is 5.91 Å². The fourth-order valence-electron chi connectivity index (χ4n) is 6.44. The highest BCUT2D eigenvalue weighted by molar-refractivity contribution is 5.88. The van der Waals surface area contributed by atoms with Crippen molar-refractivity contribution in [2.24, 2.45) is 23.2 Å².